The van der Waals surface area contributed by atoms with Crippen LogP contribution in [-0.2, 0) is 7.05 Å². The lowest BCUT2D eigenvalue weighted by atomic mass is 10.1. The molecule has 0 aliphatic carbocycles. The van der Waals surface area contributed by atoms with Crippen molar-refractivity contribution in [2.24, 2.45) is 7.05 Å². The van der Waals surface area contributed by atoms with Gasteiger partial charge in [-0.3, -0.25) is 4.90 Å². The molecule has 1 aromatic carbocycles. The summed E-state index contributed by atoms with van der Waals surface area (Å²) in [5, 5.41) is 1.39. The predicted molar refractivity (Wildman–Crippen MR) is 86.6 cm³/mol. The van der Waals surface area contributed by atoms with E-state index in [2.05, 4.69) is 66.6 Å². The highest BCUT2D eigenvalue weighted by atomic mass is 15.3. The molecule has 1 fully saturated rings. The molecule has 3 nitrogen and oxygen atoms in total. The Bertz CT molecular complexity index is 604. The zero-order valence-corrected chi connectivity index (χ0v) is 13.1. The van der Waals surface area contributed by atoms with Crippen LogP contribution in [-0.4, -0.2) is 41.7 Å². The summed E-state index contributed by atoms with van der Waals surface area (Å²) < 4.78 is 2.26. The van der Waals surface area contributed by atoms with Crippen LogP contribution in [0.25, 0.3) is 10.9 Å². The van der Waals surface area contributed by atoms with Gasteiger partial charge >= 0.3 is 0 Å². The number of hydrogen-bond donors (Lipinski definition) is 0. The SMILES string of the molecule is Cc1ccc2c(N3CCN(C(C)C)CC3)cn(C)c2c1. The molecule has 2 aromatic rings. The topological polar surface area (TPSA) is 11.4 Å². The van der Waals surface area contributed by atoms with Gasteiger partial charge in [0.15, 0.2) is 0 Å². The molecule has 1 saturated heterocycles. The van der Waals surface area contributed by atoms with Crippen molar-refractivity contribution in [2.45, 2.75) is 26.8 Å². The molecule has 108 valence electrons. The van der Waals surface area contributed by atoms with Crippen LogP contribution in [0.5, 0.6) is 0 Å². The Morgan fingerprint density at radius 3 is 2.40 bits per heavy atom. The molecule has 0 N–H and O–H groups in total. The lowest BCUT2D eigenvalue weighted by Gasteiger charge is -2.37. The van der Waals surface area contributed by atoms with Crippen molar-refractivity contribution in [3.05, 3.63) is 30.0 Å². The third-order valence-electron chi connectivity index (χ3n) is 4.51. The molecule has 0 saturated carbocycles. The first kappa shape index (κ1) is 13.5. The highest BCUT2D eigenvalue weighted by molar-refractivity contribution is 5.94. The summed E-state index contributed by atoms with van der Waals surface area (Å²) in [6.07, 6.45) is 2.29. The fraction of sp³-hybridized carbons (Fsp3) is 0.529. The quantitative estimate of drug-likeness (QED) is 0.832. The Balaban J connectivity index is 1.88. The maximum absolute atomic E-state index is 2.56. The van der Waals surface area contributed by atoms with Crippen molar-refractivity contribution in [3.8, 4) is 0 Å². The number of rotatable bonds is 2. The van der Waals surface area contributed by atoms with Gasteiger partial charge in [0.1, 0.15) is 0 Å². The van der Waals surface area contributed by atoms with Gasteiger partial charge in [0.05, 0.1) is 11.2 Å². The fourth-order valence-electron chi connectivity index (χ4n) is 3.20. The molecule has 0 unspecified atom stereocenters. The molecule has 20 heavy (non-hydrogen) atoms. The van der Waals surface area contributed by atoms with E-state index in [4.69, 9.17) is 0 Å². The summed E-state index contributed by atoms with van der Waals surface area (Å²) in [6, 6.07) is 7.43. The number of piperazine rings is 1. The maximum Gasteiger partial charge on any atom is 0.0626 e. The van der Waals surface area contributed by atoms with Crippen LogP contribution >= 0.6 is 0 Å². The van der Waals surface area contributed by atoms with E-state index in [-0.39, 0.29) is 0 Å². The highest BCUT2D eigenvalue weighted by Gasteiger charge is 2.21. The number of fused-ring (bicyclic) bond motifs is 1. The average Bonchev–Trinajstić information content (AvgIpc) is 2.76. The zero-order chi connectivity index (χ0) is 14.3. The standard InChI is InChI=1S/C17H25N3/c1-13(2)19-7-9-20(10-8-19)17-12-18(4)16-11-14(3)5-6-15(16)17/h5-6,11-13H,7-10H2,1-4H3. The first-order chi connectivity index (χ1) is 9.56. The van der Waals surface area contributed by atoms with E-state index in [1.165, 1.54) is 35.2 Å². The van der Waals surface area contributed by atoms with E-state index in [0.717, 1.165) is 13.1 Å². The third kappa shape index (κ3) is 2.31. The van der Waals surface area contributed by atoms with Gasteiger partial charge in [-0.25, -0.2) is 0 Å². The molecule has 0 radical (unpaired) electrons. The minimum atomic E-state index is 0.660. The van der Waals surface area contributed by atoms with E-state index >= 15 is 0 Å². The molecule has 1 aliphatic rings. The van der Waals surface area contributed by atoms with E-state index < -0.39 is 0 Å². The fourth-order valence-corrected chi connectivity index (χ4v) is 3.20. The van der Waals surface area contributed by atoms with Gasteiger partial charge in [-0.2, -0.15) is 0 Å². The number of hydrogen-bond acceptors (Lipinski definition) is 2. The average molecular weight is 271 g/mol. The van der Waals surface area contributed by atoms with Gasteiger partial charge in [0, 0.05) is 50.9 Å². The number of benzene rings is 1. The van der Waals surface area contributed by atoms with E-state index in [1.807, 2.05) is 0 Å². The zero-order valence-electron chi connectivity index (χ0n) is 13.1. The summed E-state index contributed by atoms with van der Waals surface area (Å²) in [5.41, 5.74) is 4.06. The van der Waals surface area contributed by atoms with Gasteiger partial charge in [0.2, 0.25) is 0 Å². The van der Waals surface area contributed by atoms with Crippen molar-refractivity contribution in [1.29, 1.82) is 0 Å². The molecule has 3 heteroatoms. The Morgan fingerprint density at radius 2 is 1.75 bits per heavy atom. The lowest BCUT2D eigenvalue weighted by Crippen LogP contribution is -2.48. The Morgan fingerprint density at radius 1 is 1.05 bits per heavy atom. The van der Waals surface area contributed by atoms with Crippen LogP contribution in [0.3, 0.4) is 0 Å². The van der Waals surface area contributed by atoms with Crippen molar-refractivity contribution >= 4 is 16.6 Å². The second-order valence-electron chi connectivity index (χ2n) is 6.26. The lowest BCUT2D eigenvalue weighted by molar-refractivity contribution is 0.209. The normalized spacial score (nSPS) is 17.4. The third-order valence-corrected chi connectivity index (χ3v) is 4.51. The Labute approximate surface area is 121 Å². The monoisotopic (exact) mass is 271 g/mol. The highest BCUT2D eigenvalue weighted by Crippen LogP contribution is 2.30. The summed E-state index contributed by atoms with van der Waals surface area (Å²) in [7, 11) is 2.15. The first-order valence-corrected chi connectivity index (χ1v) is 7.61. The molecule has 0 atom stereocenters. The predicted octanol–water partition coefficient (Wildman–Crippen LogP) is 3.02. The Hall–Kier alpha value is -1.48. The molecule has 0 amide bonds. The first-order valence-electron chi connectivity index (χ1n) is 7.61. The second kappa shape index (κ2) is 5.13. The van der Waals surface area contributed by atoms with Crippen LogP contribution in [0.15, 0.2) is 24.4 Å². The van der Waals surface area contributed by atoms with E-state index in [9.17, 15) is 0 Å². The van der Waals surface area contributed by atoms with Gasteiger partial charge < -0.3 is 9.47 Å². The second-order valence-corrected chi connectivity index (χ2v) is 6.26. The smallest absolute Gasteiger partial charge is 0.0626 e. The van der Waals surface area contributed by atoms with Gasteiger partial charge in [0.25, 0.3) is 0 Å². The Kier molecular flexibility index (Phi) is 3.47. The number of anilines is 1. The van der Waals surface area contributed by atoms with Crippen LogP contribution in [0.2, 0.25) is 0 Å². The van der Waals surface area contributed by atoms with E-state index in [0.29, 0.717) is 6.04 Å². The van der Waals surface area contributed by atoms with Gasteiger partial charge in [-0.1, -0.05) is 12.1 Å². The molecular weight excluding hydrogens is 246 g/mol. The number of aromatic nitrogens is 1. The number of nitrogens with zero attached hydrogens (tertiary/aromatic N) is 3. The number of aryl methyl sites for hydroxylation is 2. The summed E-state index contributed by atoms with van der Waals surface area (Å²) in [6.45, 7) is 11.3. The summed E-state index contributed by atoms with van der Waals surface area (Å²) in [5.74, 6) is 0. The van der Waals surface area contributed by atoms with Gasteiger partial charge in [-0.05, 0) is 32.4 Å². The van der Waals surface area contributed by atoms with Crippen LogP contribution < -0.4 is 4.90 Å². The van der Waals surface area contributed by atoms with Crippen molar-refractivity contribution in [1.82, 2.24) is 9.47 Å². The van der Waals surface area contributed by atoms with Gasteiger partial charge in [-0.15, -0.1) is 0 Å². The molecule has 3 rings (SSSR count). The van der Waals surface area contributed by atoms with Crippen molar-refractivity contribution < 1.29 is 0 Å². The molecular formula is C17H25N3. The van der Waals surface area contributed by atoms with Crippen LogP contribution in [0.4, 0.5) is 5.69 Å². The van der Waals surface area contributed by atoms with E-state index in [1.54, 1.807) is 0 Å². The minimum absolute atomic E-state index is 0.660. The maximum atomic E-state index is 2.56. The molecule has 2 heterocycles. The van der Waals surface area contributed by atoms with Crippen molar-refractivity contribution in [2.75, 3.05) is 31.1 Å². The molecule has 1 aromatic heterocycles. The molecule has 0 bridgehead atoms. The van der Waals surface area contributed by atoms with Crippen LogP contribution in [0.1, 0.15) is 19.4 Å². The molecule has 0 spiro atoms. The largest absolute Gasteiger partial charge is 0.367 e. The van der Waals surface area contributed by atoms with Crippen LogP contribution in [0, 0.1) is 6.92 Å². The van der Waals surface area contributed by atoms with Crippen molar-refractivity contribution in [3.63, 3.8) is 0 Å². The summed E-state index contributed by atoms with van der Waals surface area (Å²) in [4.78, 5) is 5.10. The molecule has 1 aliphatic heterocycles. The minimum Gasteiger partial charge on any atom is -0.367 e. The summed E-state index contributed by atoms with van der Waals surface area (Å²) >= 11 is 0.